The predicted octanol–water partition coefficient (Wildman–Crippen LogP) is 3.55. The monoisotopic (exact) mass is 255 g/mol. The third-order valence-electron chi connectivity index (χ3n) is 3.10. The normalized spacial score (nSPS) is 14.1. The molecule has 0 saturated heterocycles. The first kappa shape index (κ1) is 11.7. The van der Waals surface area contributed by atoms with E-state index >= 15 is 0 Å². The van der Waals surface area contributed by atoms with Gasteiger partial charge in [0.1, 0.15) is 0 Å². The molecule has 78 valence electrons. The highest BCUT2D eigenvalue weighted by molar-refractivity contribution is 9.10. The van der Waals surface area contributed by atoms with E-state index in [1.54, 1.807) is 0 Å². The molecule has 0 saturated carbocycles. The maximum Gasteiger partial charge on any atom is 0.0187 e. The van der Waals surface area contributed by atoms with Gasteiger partial charge in [0, 0.05) is 10.0 Å². The van der Waals surface area contributed by atoms with Crippen molar-refractivity contribution in [2.75, 3.05) is 7.05 Å². The Balaban J connectivity index is 2.89. The van der Waals surface area contributed by atoms with Gasteiger partial charge in [-0.15, -0.1) is 0 Å². The number of rotatable bonds is 3. The van der Waals surface area contributed by atoms with Gasteiger partial charge in [0.2, 0.25) is 0 Å². The Hall–Kier alpha value is -0.340. The van der Waals surface area contributed by atoms with Crippen LogP contribution in [0.2, 0.25) is 0 Å². The summed E-state index contributed by atoms with van der Waals surface area (Å²) in [6.07, 6.45) is 0. The fourth-order valence-electron chi connectivity index (χ4n) is 1.38. The first-order chi connectivity index (χ1) is 6.47. The van der Waals surface area contributed by atoms with Crippen LogP contribution in [0.15, 0.2) is 28.7 Å². The Morgan fingerprint density at radius 1 is 1.21 bits per heavy atom. The van der Waals surface area contributed by atoms with Crippen molar-refractivity contribution >= 4 is 15.9 Å². The van der Waals surface area contributed by atoms with Crippen molar-refractivity contribution in [2.45, 2.75) is 32.2 Å². The highest BCUT2D eigenvalue weighted by Crippen LogP contribution is 2.27. The standard InChI is InChI=1S/C12H18BrN/c1-9(12(2,3)14-4)10-5-7-11(13)8-6-10/h5-9,14H,1-4H3. The van der Waals surface area contributed by atoms with E-state index in [0.717, 1.165) is 4.47 Å². The molecule has 0 aliphatic rings. The van der Waals surface area contributed by atoms with Crippen molar-refractivity contribution in [3.8, 4) is 0 Å². The zero-order chi connectivity index (χ0) is 10.8. The molecule has 0 fully saturated rings. The Morgan fingerprint density at radius 2 is 1.71 bits per heavy atom. The van der Waals surface area contributed by atoms with Crippen LogP contribution in [0, 0.1) is 0 Å². The summed E-state index contributed by atoms with van der Waals surface area (Å²) in [6.45, 7) is 6.69. The van der Waals surface area contributed by atoms with E-state index in [0.29, 0.717) is 5.92 Å². The zero-order valence-corrected chi connectivity index (χ0v) is 10.9. The smallest absolute Gasteiger partial charge is 0.0187 e. The minimum atomic E-state index is 0.133. The molecule has 2 heteroatoms. The maximum atomic E-state index is 3.45. The average molecular weight is 256 g/mol. The summed E-state index contributed by atoms with van der Waals surface area (Å²) < 4.78 is 1.13. The Bertz CT molecular complexity index is 290. The largest absolute Gasteiger partial charge is 0.314 e. The highest BCUT2D eigenvalue weighted by atomic mass is 79.9. The molecule has 0 aromatic heterocycles. The molecule has 1 unspecified atom stereocenters. The molecule has 1 N–H and O–H groups in total. The van der Waals surface area contributed by atoms with Gasteiger partial charge in [0.25, 0.3) is 0 Å². The van der Waals surface area contributed by atoms with Gasteiger partial charge in [-0.2, -0.15) is 0 Å². The van der Waals surface area contributed by atoms with E-state index < -0.39 is 0 Å². The van der Waals surface area contributed by atoms with Gasteiger partial charge >= 0.3 is 0 Å². The number of hydrogen-bond acceptors (Lipinski definition) is 1. The molecule has 0 heterocycles. The van der Waals surface area contributed by atoms with Crippen molar-refractivity contribution in [3.63, 3.8) is 0 Å². The summed E-state index contributed by atoms with van der Waals surface area (Å²) in [5.41, 5.74) is 1.50. The van der Waals surface area contributed by atoms with Gasteiger partial charge in [0.15, 0.2) is 0 Å². The number of likely N-dealkylation sites (N-methyl/N-ethyl adjacent to an activating group) is 1. The molecule has 1 rings (SSSR count). The third-order valence-corrected chi connectivity index (χ3v) is 3.63. The molecule has 0 spiro atoms. The molecule has 0 amide bonds. The van der Waals surface area contributed by atoms with Crippen LogP contribution in [0.25, 0.3) is 0 Å². The molecule has 1 atom stereocenters. The summed E-state index contributed by atoms with van der Waals surface area (Å²) in [5, 5.41) is 3.34. The molecule has 1 nitrogen and oxygen atoms in total. The van der Waals surface area contributed by atoms with Gasteiger partial charge in [-0.3, -0.25) is 0 Å². The molecule has 0 bridgehead atoms. The summed E-state index contributed by atoms with van der Waals surface area (Å²) in [4.78, 5) is 0. The third kappa shape index (κ3) is 2.58. The highest BCUT2D eigenvalue weighted by Gasteiger charge is 2.24. The van der Waals surface area contributed by atoms with Crippen LogP contribution in [0.5, 0.6) is 0 Å². The van der Waals surface area contributed by atoms with E-state index in [1.807, 2.05) is 7.05 Å². The van der Waals surface area contributed by atoms with Crippen LogP contribution in [0.3, 0.4) is 0 Å². The van der Waals surface area contributed by atoms with Crippen LogP contribution in [0.1, 0.15) is 32.3 Å². The predicted molar refractivity (Wildman–Crippen MR) is 65.7 cm³/mol. The summed E-state index contributed by atoms with van der Waals surface area (Å²) in [7, 11) is 2.01. The lowest BCUT2D eigenvalue weighted by atomic mass is 9.84. The van der Waals surface area contributed by atoms with E-state index in [-0.39, 0.29) is 5.54 Å². The second kappa shape index (κ2) is 4.45. The Morgan fingerprint density at radius 3 is 2.14 bits per heavy atom. The van der Waals surface area contributed by atoms with Crippen LogP contribution in [0.4, 0.5) is 0 Å². The first-order valence-electron chi connectivity index (χ1n) is 4.92. The minimum absolute atomic E-state index is 0.133. The average Bonchev–Trinajstić information content (AvgIpc) is 2.18. The molecule has 1 aromatic rings. The van der Waals surface area contributed by atoms with Crippen LogP contribution >= 0.6 is 15.9 Å². The fraction of sp³-hybridized carbons (Fsp3) is 0.500. The minimum Gasteiger partial charge on any atom is -0.314 e. The van der Waals surface area contributed by atoms with Gasteiger partial charge < -0.3 is 5.32 Å². The quantitative estimate of drug-likeness (QED) is 0.872. The number of halogens is 1. The lowest BCUT2D eigenvalue weighted by Gasteiger charge is -2.31. The van der Waals surface area contributed by atoms with Gasteiger partial charge in [-0.25, -0.2) is 0 Å². The van der Waals surface area contributed by atoms with E-state index in [9.17, 15) is 0 Å². The van der Waals surface area contributed by atoms with Gasteiger partial charge in [0.05, 0.1) is 0 Å². The molecule has 0 radical (unpaired) electrons. The van der Waals surface area contributed by atoms with Crippen molar-refractivity contribution in [2.24, 2.45) is 0 Å². The Labute approximate surface area is 95.0 Å². The molecule has 0 aliphatic carbocycles. The number of hydrogen-bond donors (Lipinski definition) is 1. The summed E-state index contributed by atoms with van der Waals surface area (Å²) >= 11 is 3.45. The van der Waals surface area contributed by atoms with Crippen molar-refractivity contribution in [3.05, 3.63) is 34.3 Å². The topological polar surface area (TPSA) is 12.0 Å². The fourth-order valence-corrected chi connectivity index (χ4v) is 1.65. The van der Waals surface area contributed by atoms with Crippen molar-refractivity contribution < 1.29 is 0 Å². The van der Waals surface area contributed by atoms with Crippen molar-refractivity contribution in [1.82, 2.24) is 5.32 Å². The van der Waals surface area contributed by atoms with Gasteiger partial charge in [-0.05, 0) is 44.5 Å². The molecular formula is C12H18BrN. The Kier molecular flexibility index (Phi) is 3.73. The van der Waals surface area contributed by atoms with Crippen LogP contribution in [-0.2, 0) is 0 Å². The summed E-state index contributed by atoms with van der Waals surface area (Å²) in [6, 6.07) is 8.54. The molecule has 14 heavy (non-hydrogen) atoms. The van der Waals surface area contributed by atoms with E-state index in [1.165, 1.54) is 5.56 Å². The first-order valence-corrected chi connectivity index (χ1v) is 5.71. The van der Waals surface area contributed by atoms with E-state index in [4.69, 9.17) is 0 Å². The zero-order valence-electron chi connectivity index (χ0n) is 9.26. The number of nitrogens with one attached hydrogen (secondary N) is 1. The molecule has 0 aliphatic heterocycles. The van der Waals surface area contributed by atoms with Gasteiger partial charge in [-0.1, -0.05) is 35.0 Å². The SMILES string of the molecule is CNC(C)(C)C(C)c1ccc(Br)cc1. The lowest BCUT2D eigenvalue weighted by Crippen LogP contribution is -2.41. The van der Waals surface area contributed by atoms with E-state index in [2.05, 4.69) is 66.3 Å². The molecule has 1 aromatic carbocycles. The summed E-state index contributed by atoms with van der Waals surface area (Å²) in [5.74, 6) is 0.501. The van der Waals surface area contributed by atoms with Crippen molar-refractivity contribution in [1.29, 1.82) is 0 Å². The second-order valence-electron chi connectivity index (χ2n) is 4.24. The molecular weight excluding hydrogens is 238 g/mol. The maximum absolute atomic E-state index is 3.45. The van der Waals surface area contributed by atoms with Crippen LogP contribution in [-0.4, -0.2) is 12.6 Å². The number of benzene rings is 1. The second-order valence-corrected chi connectivity index (χ2v) is 5.16. The lowest BCUT2D eigenvalue weighted by molar-refractivity contribution is 0.360. The van der Waals surface area contributed by atoms with Crippen LogP contribution < -0.4 is 5.32 Å².